The van der Waals surface area contributed by atoms with Crippen molar-refractivity contribution in [2.24, 2.45) is 0 Å². The van der Waals surface area contributed by atoms with E-state index < -0.39 is 15.8 Å². The SMILES string of the molecule is c1ccc(P(c2ccccc2)c2cccc3ccc4ccc5ccc6ccc7cccc(P(c8ccccc8)c8ccccc8)c7c6c5c4c23)cc1. The van der Waals surface area contributed by atoms with Gasteiger partial charge in [0.2, 0.25) is 0 Å². The number of hydrogen-bond donors (Lipinski definition) is 0. The molecule has 0 N–H and O–H groups in total. The maximum absolute atomic E-state index is 2.39. The molecule has 0 nitrogen and oxygen atoms in total. The van der Waals surface area contributed by atoms with Crippen LogP contribution >= 0.6 is 15.8 Å². The number of hydrogen-bond acceptors (Lipinski definition) is 0. The van der Waals surface area contributed by atoms with E-state index in [1.807, 2.05) is 0 Å². The quantitative estimate of drug-likeness (QED) is 0.120. The maximum atomic E-state index is 2.39. The van der Waals surface area contributed by atoms with Gasteiger partial charge in [-0.15, -0.1) is 0 Å². The Morgan fingerprint density at radius 3 is 0.731 bits per heavy atom. The third-order valence-corrected chi connectivity index (χ3v) is 15.3. The second-order valence-electron chi connectivity index (χ2n) is 13.3. The molecule has 10 aromatic rings. The molecule has 0 atom stereocenters. The summed E-state index contributed by atoms with van der Waals surface area (Å²) in [6.45, 7) is 0. The van der Waals surface area contributed by atoms with Crippen molar-refractivity contribution in [2.45, 2.75) is 0 Å². The van der Waals surface area contributed by atoms with Crippen LogP contribution in [0.25, 0.3) is 53.9 Å². The molecule has 0 heterocycles. The monoisotopic (exact) mass is 696 g/mol. The maximum Gasteiger partial charge on any atom is -0.00137 e. The number of fused-ring (bicyclic) bond motifs is 9. The van der Waals surface area contributed by atoms with Gasteiger partial charge in [0, 0.05) is 0 Å². The second kappa shape index (κ2) is 13.2. The van der Waals surface area contributed by atoms with Crippen LogP contribution in [0, 0.1) is 0 Å². The molecule has 0 aromatic heterocycles. The average Bonchev–Trinajstić information content (AvgIpc) is 3.22. The van der Waals surface area contributed by atoms with Crippen LogP contribution in [0.2, 0.25) is 0 Å². The Morgan fingerprint density at radius 2 is 0.442 bits per heavy atom. The predicted octanol–water partition coefficient (Wildman–Crippen LogP) is 11.0. The van der Waals surface area contributed by atoms with E-state index in [0.717, 1.165) is 0 Å². The van der Waals surface area contributed by atoms with Gasteiger partial charge in [0.15, 0.2) is 0 Å². The van der Waals surface area contributed by atoms with Crippen molar-refractivity contribution in [3.63, 3.8) is 0 Å². The third-order valence-electron chi connectivity index (χ3n) is 10.3. The molecule has 0 spiro atoms. The fourth-order valence-corrected chi connectivity index (χ4v) is 13.1. The number of benzene rings is 10. The second-order valence-corrected chi connectivity index (χ2v) is 17.7. The van der Waals surface area contributed by atoms with Gasteiger partial charge in [-0.1, -0.05) is 206 Å². The first-order valence-corrected chi connectivity index (χ1v) is 20.5. The van der Waals surface area contributed by atoms with Crippen LogP contribution in [-0.2, 0) is 0 Å². The van der Waals surface area contributed by atoms with Gasteiger partial charge in [0.1, 0.15) is 0 Å². The lowest BCUT2D eigenvalue weighted by molar-refractivity contribution is 1.75. The minimum Gasteiger partial charge on any atom is -0.0622 e. The summed E-state index contributed by atoms with van der Waals surface area (Å²) in [7, 11) is -1.65. The van der Waals surface area contributed by atoms with E-state index in [9.17, 15) is 0 Å². The fraction of sp³-hybridized carbons (Fsp3) is 0. The molecule has 0 aliphatic heterocycles. The minimum absolute atomic E-state index is 0.826. The molecule has 52 heavy (non-hydrogen) atoms. The summed E-state index contributed by atoms with van der Waals surface area (Å²) in [5, 5.41) is 21.4. The molecule has 2 heteroatoms. The Hall–Kier alpha value is -5.64. The fourth-order valence-electron chi connectivity index (χ4n) is 8.10. The van der Waals surface area contributed by atoms with Gasteiger partial charge in [-0.2, -0.15) is 0 Å². The van der Waals surface area contributed by atoms with E-state index >= 15 is 0 Å². The Labute approximate surface area is 306 Å². The van der Waals surface area contributed by atoms with Gasteiger partial charge >= 0.3 is 0 Å². The molecule has 0 aliphatic carbocycles. The predicted molar refractivity (Wildman–Crippen MR) is 231 cm³/mol. The lowest BCUT2D eigenvalue weighted by atomic mass is 9.90. The molecular weight excluding hydrogens is 662 g/mol. The van der Waals surface area contributed by atoms with E-state index in [-0.39, 0.29) is 0 Å². The van der Waals surface area contributed by atoms with Crippen molar-refractivity contribution >= 4 is 102 Å². The highest BCUT2D eigenvalue weighted by atomic mass is 31.1. The molecule has 0 aliphatic rings. The van der Waals surface area contributed by atoms with Gasteiger partial charge in [-0.25, -0.2) is 0 Å². The van der Waals surface area contributed by atoms with Crippen LogP contribution in [0.4, 0.5) is 0 Å². The minimum atomic E-state index is -0.826. The van der Waals surface area contributed by atoms with Crippen LogP contribution in [-0.4, -0.2) is 0 Å². The van der Waals surface area contributed by atoms with Crippen LogP contribution in [0.15, 0.2) is 206 Å². The van der Waals surface area contributed by atoms with Gasteiger partial charge in [0.25, 0.3) is 0 Å². The lowest BCUT2D eigenvalue weighted by Crippen LogP contribution is -2.21. The molecule has 0 saturated carbocycles. The summed E-state index contributed by atoms with van der Waals surface area (Å²) in [4.78, 5) is 0. The van der Waals surface area contributed by atoms with Gasteiger partial charge in [-0.3, -0.25) is 0 Å². The topological polar surface area (TPSA) is 0 Å². The molecule has 0 radical (unpaired) electrons. The first-order valence-electron chi connectivity index (χ1n) is 17.9. The van der Waals surface area contributed by atoms with Crippen molar-refractivity contribution in [3.05, 3.63) is 206 Å². The van der Waals surface area contributed by atoms with Crippen molar-refractivity contribution in [2.75, 3.05) is 0 Å². The summed E-state index contributed by atoms with van der Waals surface area (Å²) < 4.78 is 0. The summed E-state index contributed by atoms with van der Waals surface area (Å²) in [5.41, 5.74) is 0. The van der Waals surface area contributed by atoms with Gasteiger partial charge < -0.3 is 0 Å². The molecule has 0 fully saturated rings. The van der Waals surface area contributed by atoms with E-state index in [4.69, 9.17) is 0 Å². The average molecular weight is 697 g/mol. The van der Waals surface area contributed by atoms with Crippen LogP contribution < -0.4 is 31.8 Å². The summed E-state index contributed by atoms with van der Waals surface area (Å²) in [6.07, 6.45) is 0. The summed E-state index contributed by atoms with van der Waals surface area (Å²) >= 11 is 0. The van der Waals surface area contributed by atoms with Gasteiger partial charge in [-0.05, 0) is 102 Å². The molecular formula is C50H34P2. The summed E-state index contributed by atoms with van der Waals surface area (Å²) in [6, 6.07) is 77.1. The van der Waals surface area contributed by atoms with Crippen molar-refractivity contribution < 1.29 is 0 Å². The smallest absolute Gasteiger partial charge is 0.00137 e. The highest BCUT2D eigenvalue weighted by Crippen LogP contribution is 2.44. The largest absolute Gasteiger partial charge is 0.0622 e. The van der Waals surface area contributed by atoms with Crippen molar-refractivity contribution in [1.29, 1.82) is 0 Å². The van der Waals surface area contributed by atoms with Gasteiger partial charge in [0.05, 0.1) is 0 Å². The standard InChI is InChI=1S/C50H34P2/c1-5-17-40(18-6-1)51(41-19-7-2-8-20-41)44-25-13-15-35-27-29-37-31-33-39-34-32-38-30-28-36-16-14-26-45(47(36)49(38)50(39)48(37)46(35)44)52(42-21-9-3-10-22-42)43-23-11-4-12-24-43/h1-34H. The normalized spacial score (nSPS) is 11.8. The molecule has 0 unspecified atom stereocenters. The molecule has 10 aromatic carbocycles. The van der Waals surface area contributed by atoms with E-state index in [2.05, 4.69) is 206 Å². The first-order chi connectivity index (χ1) is 25.8. The van der Waals surface area contributed by atoms with E-state index in [0.29, 0.717) is 0 Å². The zero-order valence-electron chi connectivity index (χ0n) is 28.5. The Balaban J connectivity index is 1.39. The Morgan fingerprint density at radius 1 is 0.192 bits per heavy atom. The Bertz CT molecular complexity index is 2600. The first kappa shape index (κ1) is 31.1. The van der Waals surface area contributed by atoms with Crippen LogP contribution in [0.3, 0.4) is 0 Å². The van der Waals surface area contributed by atoms with E-state index in [1.54, 1.807) is 0 Å². The highest BCUT2D eigenvalue weighted by molar-refractivity contribution is 7.80. The van der Waals surface area contributed by atoms with E-state index in [1.165, 1.54) is 85.7 Å². The lowest BCUT2D eigenvalue weighted by Gasteiger charge is -2.24. The number of rotatable bonds is 6. The zero-order valence-corrected chi connectivity index (χ0v) is 30.3. The van der Waals surface area contributed by atoms with Crippen molar-refractivity contribution in [3.8, 4) is 0 Å². The molecule has 0 bridgehead atoms. The Kier molecular flexibility index (Phi) is 7.88. The molecule has 0 amide bonds. The van der Waals surface area contributed by atoms with Crippen molar-refractivity contribution in [1.82, 2.24) is 0 Å². The molecule has 0 saturated heterocycles. The molecule has 10 rings (SSSR count). The third kappa shape index (κ3) is 5.22. The van der Waals surface area contributed by atoms with Crippen LogP contribution in [0.1, 0.15) is 0 Å². The summed E-state index contributed by atoms with van der Waals surface area (Å²) in [5.74, 6) is 0. The zero-order chi connectivity index (χ0) is 34.4. The molecule has 244 valence electrons. The van der Waals surface area contributed by atoms with Crippen LogP contribution in [0.5, 0.6) is 0 Å². The highest BCUT2D eigenvalue weighted by Gasteiger charge is 2.24.